The van der Waals surface area contributed by atoms with E-state index in [0.717, 1.165) is 24.4 Å². The van der Waals surface area contributed by atoms with Crippen molar-refractivity contribution in [2.75, 3.05) is 14.1 Å². The molecule has 11 heteroatoms. The van der Waals surface area contributed by atoms with Gasteiger partial charge in [0.05, 0.1) is 18.1 Å². The molecule has 0 radical (unpaired) electrons. The van der Waals surface area contributed by atoms with Crippen LogP contribution in [0.1, 0.15) is 5.56 Å². The van der Waals surface area contributed by atoms with Crippen LogP contribution in [0.2, 0.25) is 0 Å². The van der Waals surface area contributed by atoms with Gasteiger partial charge in [0.25, 0.3) is 0 Å². The number of ether oxygens (including phenoxy) is 2. The molecule has 0 fully saturated rings. The van der Waals surface area contributed by atoms with Crippen LogP contribution in [0.4, 0.5) is 28.2 Å². The third-order valence-corrected chi connectivity index (χ3v) is 2.65. The van der Waals surface area contributed by atoms with Crippen LogP contribution in [0.15, 0.2) is 35.5 Å². The highest BCUT2D eigenvalue weighted by molar-refractivity contribution is 5.66. The molecule has 1 aromatic heterocycles. The third kappa shape index (κ3) is 5.40. The highest BCUT2D eigenvalue weighted by Crippen LogP contribution is 2.31. The highest BCUT2D eigenvalue weighted by Gasteiger charge is 2.30. The molecule has 0 N–H and O–H groups in total. The molecule has 0 aliphatic heterocycles. The Bertz CT molecular complexity index is 825. The predicted molar refractivity (Wildman–Crippen MR) is 81.9 cm³/mol. The average Bonchev–Trinajstić information content (AvgIpc) is 2.54. The molecule has 1 heterocycles. The molecule has 0 saturated carbocycles. The molecule has 0 aliphatic carbocycles. The SMILES string of the molecule is CN(C)/C=N/c1nc(OC(=O)Oc2cccc(C(F)(F)F)c2)ncc1F. The molecule has 7 nitrogen and oxygen atoms in total. The fraction of sp³-hybridized carbons (Fsp3) is 0.200. The monoisotopic (exact) mass is 372 g/mol. The van der Waals surface area contributed by atoms with Crippen LogP contribution in [-0.4, -0.2) is 41.5 Å². The molecular weight excluding hydrogens is 360 g/mol. The van der Waals surface area contributed by atoms with Gasteiger partial charge in [-0.3, -0.25) is 0 Å². The van der Waals surface area contributed by atoms with E-state index in [1.54, 1.807) is 14.1 Å². The number of halogens is 4. The zero-order valence-electron chi connectivity index (χ0n) is 13.5. The van der Waals surface area contributed by atoms with Crippen molar-refractivity contribution in [3.8, 4) is 11.8 Å². The number of rotatable bonds is 4. The number of aromatic nitrogens is 2. The van der Waals surface area contributed by atoms with E-state index in [2.05, 4.69) is 24.4 Å². The van der Waals surface area contributed by atoms with Crippen LogP contribution in [0, 0.1) is 5.82 Å². The van der Waals surface area contributed by atoms with Gasteiger partial charge >= 0.3 is 18.3 Å². The quantitative estimate of drug-likeness (QED) is 0.269. The highest BCUT2D eigenvalue weighted by atomic mass is 19.4. The average molecular weight is 372 g/mol. The Kier molecular flexibility index (Phi) is 5.70. The molecule has 0 unspecified atom stereocenters. The van der Waals surface area contributed by atoms with Gasteiger partial charge < -0.3 is 14.4 Å². The molecule has 2 rings (SSSR count). The van der Waals surface area contributed by atoms with Gasteiger partial charge in [-0.1, -0.05) is 6.07 Å². The molecule has 0 atom stereocenters. The van der Waals surface area contributed by atoms with Gasteiger partial charge in [-0.05, 0) is 18.2 Å². The number of alkyl halides is 3. The zero-order chi connectivity index (χ0) is 19.3. The summed E-state index contributed by atoms with van der Waals surface area (Å²) in [7, 11) is 3.29. The largest absolute Gasteiger partial charge is 0.521 e. The molecule has 0 bridgehead atoms. The molecule has 0 aliphatic rings. The fourth-order valence-electron chi connectivity index (χ4n) is 1.58. The molecule has 0 spiro atoms. The maximum absolute atomic E-state index is 13.5. The van der Waals surface area contributed by atoms with Crippen molar-refractivity contribution in [1.29, 1.82) is 0 Å². The Morgan fingerprint density at radius 2 is 2.00 bits per heavy atom. The summed E-state index contributed by atoms with van der Waals surface area (Å²) in [5.74, 6) is -1.64. The summed E-state index contributed by atoms with van der Waals surface area (Å²) in [5.41, 5.74) is -0.999. The van der Waals surface area contributed by atoms with E-state index in [1.165, 1.54) is 11.2 Å². The third-order valence-electron chi connectivity index (χ3n) is 2.65. The number of hydrogen-bond donors (Lipinski definition) is 0. The number of aliphatic imine (C=N–C) groups is 1. The molecule has 0 saturated heterocycles. The number of carbonyl (C=O) groups excluding carboxylic acids is 1. The molecule has 1 aromatic carbocycles. The van der Waals surface area contributed by atoms with E-state index in [1.807, 2.05) is 0 Å². The van der Waals surface area contributed by atoms with Gasteiger partial charge in [-0.25, -0.2) is 19.2 Å². The van der Waals surface area contributed by atoms with E-state index in [4.69, 9.17) is 0 Å². The minimum Gasteiger partial charge on any atom is -0.395 e. The second-order valence-corrected chi connectivity index (χ2v) is 5.01. The second kappa shape index (κ2) is 7.76. The van der Waals surface area contributed by atoms with Crippen molar-refractivity contribution < 1.29 is 31.8 Å². The van der Waals surface area contributed by atoms with Crippen molar-refractivity contribution in [2.45, 2.75) is 6.18 Å². The van der Waals surface area contributed by atoms with Crippen molar-refractivity contribution in [2.24, 2.45) is 4.99 Å². The summed E-state index contributed by atoms with van der Waals surface area (Å²) < 4.78 is 60.7. The van der Waals surface area contributed by atoms with Crippen molar-refractivity contribution in [1.82, 2.24) is 14.9 Å². The second-order valence-electron chi connectivity index (χ2n) is 5.01. The minimum absolute atomic E-state index is 0.391. The first-order chi connectivity index (χ1) is 12.1. The Balaban J connectivity index is 2.10. The summed E-state index contributed by atoms with van der Waals surface area (Å²) >= 11 is 0. The van der Waals surface area contributed by atoms with Crippen LogP contribution in [0.5, 0.6) is 11.8 Å². The van der Waals surface area contributed by atoms with Crippen LogP contribution in [0.25, 0.3) is 0 Å². The number of benzene rings is 1. The Labute approximate surface area is 144 Å². The van der Waals surface area contributed by atoms with Gasteiger partial charge in [0.2, 0.25) is 0 Å². The van der Waals surface area contributed by atoms with Crippen LogP contribution in [-0.2, 0) is 6.18 Å². The Morgan fingerprint density at radius 3 is 2.65 bits per heavy atom. The molecule has 2 aromatic rings. The summed E-state index contributed by atoms with van der Waals surface area (Å²) in [6.07, 6.45) is -4.00. The normalized spacial score (nSPS) is 11.5. The van der Waals surface area contributed by atoms with Crippen LogP contribution >= 0.6 is 0 Å². The number of carbonyl (C=O) groups is 1. The number of nitrogens with zero attached hydrogens (tertiary/aromatic N) is 4. The van der Waals surface area contributed by atoms with Gasteiger partial charge in [-0.2, -0.15) is 18.2 Å². The molecular formula is C15H12F4N4O3. The Hall–Kier alpha value is -3.24. The van der Waals surface area contributed by atoms with E-state index in [0.29, 0.717) is 6.07 Å². The first-order valence-electron chi connectivity index (χ1n) is 6.95. The topological polar surface area (TPSA) is 76.9 Å². The lowest BCUT2D eigenvalue weighted by molar-refractivity contribution is -0.137. The lowest BCUT2D eigenvalue weighted by Crippen LogP contribution is -2.16. The standard InChI is InChI=1S/C15H12F4N4O3/c1-23(2)8-21-12-11(16)7-20-13(22-12)26-14(24)25-10-5-3-4-9(6-10)15(17,18)19/h3-8H,1-2H3/b21-8+. The summed E-state index contributed by atoms with van der Waals surface area (Å²) in [6.45, 7) is 0. The van der Waals surface area contributed by atoms with Crippen LogP contribution < -0.4 is 9.47 Å². The maximum Gasteiger partial charge on any atom is 0.521 e. The summed E-state index contributed by atoms with van der Waals surface area (Å²) in [6, 6.07) is 3.06. The summed E-state index contributed by atoms with van der Waals surface area (Å²) in [4.78, 5) is 23.9. The number of hydrogen-bond acceptors (Lipinski definition) is 6. The first kappa shape index (κ1) is 19.1. The van der Waals surface area contributed by atoms with E-state index in [-0.39, 0.29) is 0 Å². The molecule has 138 valence electrons. The fourth-order valence-corrected chi connectivity index (χ4v) is 1.58. The van der Waals surface area contributed by atoms with E-state index >= 15 is 0 Å². The van der Waals surface area contributed by atoms with E-state index < -0.39 is 41.3 Å². The van der Waals surface area contributed by atoms with Crippen molar-refractivity contribution in [3.05, 3.63) is 41.8 Å². The lowest BCUT2D eigenvalue weighted by Gasteiger charge is -2.09. The zero-order valence-corrected chi connectivity index (χ0v) is 13.5. The van der Waals surface area contributed by atoms with E-state index in [9.17, 15) is 22.4 Å². The Morgan fingerprint density at radius 1 is 1.27 bits per heavy atom. The predicted octanol–water partition coefficient (Wildman–Crippen LogP) is 3.43. The minimum atomic E-state index is -4.59. The summed E-state index contributed by atoms with van der Waals surface area (Å²) in [5, 5.41) is 0. The van der Waals surface area contributed by atoms with Gasteiger partial charge in [0.15, 0.2) is 11.6 Å². The van der Waals surface area contributed by atoms with Gasteiger partial charge in [0, 0.05) is 14.1 Å². The smallest absolute Gasteiger partial charge is 0.395 e. The van der Waals surface area contributed by atoms with Gasteiger partial charge in [-0.15, -0.1) is 0 Å². The first-order valence-corrected chi connectivity index (χ1v) is 6.95. The van der Waals surface area contributed by atoms with Gasteiger partial charge in [0.1, 0.15) is 5.75 Å². The lowest BCUT2D eigenvalue weighted by atomic mass is 10.2. The van der Waals surface area contributed by atoms with Crippen LogP contribution in [0.3, 0.4) is 0 Å². The van der Waals surface area contributed by atoms with Crippen molar-refractivity contribution >= 4 is 18.3 Å². The maximum atomic E-state index is 13.5. The van der Waals surface area contributed by atoms with Crippen molar-refractivity contribution in [3.63, 3.8) is 0 Å². The molecule has 0 amide bonds. The molecule has 26 heavy (non-hydrogen) atoms.